The van der Waals surface area contributed by atoms with E-state index in [0.29, 0.717) is 6.61 Å². The molecule has 0 aliphatic rings. The quantitative estimate of drug-likeness (QED) is 0.548. The van der Waals surface area contributed by atoms with Crippen LogP contribution in [-0.4, -0.2) is 16.4 Å². The van der Waals surface area contributed by atoms with Crippen molar-refractivity contribution in [2.24, 2.45) is 0 Å². The van der Waals surface area contributed by atoms with Gasteiger partial charge >= 0.3 is 27.0 Å². The molecule has 0 aliphatic heterocycles. The molecular formula is C14H27ClO2Si2Zn. The fourth-order valence-electron chi connectivity index (χ4n) is 1.51. The van der Waals surface area contributed by atoms with E-state index in [1.807, 2.05) is 6.07 Å². The zero-order valence-electron chi connectivity index (χ0n) is 14.2. The van der Waals surface area contributed by atoms with E-state index >= 15 is 0 Å². The Morgan fingerprint density at radius 1 is 1.20 bits per heavy atom. The Labute approximate surface area is 140 Å². The average molecular weight is 384 g/mol. The van der Waals surface area contributed by atoms with Crippen LogP contribution in [0.15, 0.2) is 10.5 Å². The Hall–Kier alpha value is 0.587. The molecule has 0 aliphatic carbocycles. The molecule has 1 rings (SSSR count). The van der Waals surface area contributed by atoms with Crippen LogP contribution in [-0.2, 0) is 28.3 Å². The van der Waals surface area contributed by atoms with Crippen molar-refractivity contribution >= 4 is 31.5 Å². The molecule has 0 aromatic carbocycles. The standard InChI is InChI=1S/C14H27O2Si2.ClH.Zn/c1-14(2,3)18(7,8)16-11-12-9-10-15-13(12)17(4,5)6;;/h9H,11H2,1-8H3;1H;/q-1;;+2/p-1. The Kier molecular flexibility index (Phi) is 7.96. The zero-order chi connectivity index (χ0) is 16.2. The van der Waals surface area contributed by atoms with Crippen LogP contribution < -0.4 is 5.38 Å². The Bertz CT molecular complexity index is 406. The molecule has 20 heavy (non-hydrogen) atoms. The summed E-state index contributed by atoms with van der Waals surface area (Å²) in [6, 6.07) is 1.95. The first kappa shape index (κ1) is 20.6. The predicted octanol–water partition coefficient (Wildman–Crippen LogP) is 4.83. The van der Waals surface area contributed by atoms with Crippen LogP contribution in [0.4, 0.5) is 0 Å². The predicted molar refractivity (Wildman–Crippen MR) is 88.4 cm³/mol. The van der Waals surface area contributed by atoms with Crippen LogP contribution in [0.3, 0.4) is 0 Å². The molecule has 112 valence electrons. The molecule has 0 fully saturated rings. The molecule has 0 amide bonds. The number of hydrogen-bond donors (Lipinski definition) is 0. The van der Waals surface area contributed by atoms with Crippen LogP contribution in [0.5, 0.6) is 0 Å². The summed E-state index contributed by atoms with van der Waals surface area (Å²) in [6.07, 6.45) is 2.88. The fraction of sp³-hybridized carbons (Fsp3) is 0.714. The molecule has 0 spiro atoms. The molecule has 1 aromatic heterocycles. The second kappa shape index (κ2) is 7.73. The second-order valence-corrected chi connectivity index (χ2v) is 17.3. The van der Waals surface area contributed by atoms with Crippen molar-refractivity contribution in [3.05, 3.63) is 17.9 Å². The van der Waals surface area contributed by atoms with Gasteiger partial charge in [-0.3, -0.25) is 0 Å². The molecule has 0 bridgehead atoms. The van der Waals surface area contributed by atoms with Crippen LogP contribution >= 0.6 is 9.69 Å². The molecule has 0 atom stereocenters. The van der Waals surface area contributed by atoms with Crippen molar-refractivity contribution in [1.82, 2.24) is 0 Å². The van der Waals surface area contributed by atoms with E-state index in [0.717, 1.165) is 22.7 Å². The van der Waals surface area contributed by atoms with Crippen molar-refractivity contribution in [2.45, 2.75) is 65.2 Å². The first-order valence-electron chi connectivity index (χ1n) is 6.85. The molecule has 0 radical (unpaired) electrons. The minimum atomic E-state index is -1.68. The first-order valence-corrected chi connectivity index (χ1v) is 17.2. The van der Waals surface area contributed by atoms with Gasteiger partial charge in [0.05, 0.1) is 0 Å². The van der Waals surface area contributed by atoms with Crippen molar-refractivity contribution < 1.29 is 26.2 Å². The van der Waals surface area contributed by atoms with Gasteiger partial charge in [-0.25, -0.2) is 0 Å². The van der Waals surface area contributed by atoms with Gasteiger partial charge in [0.1, 0.15) is 0 Å². The summed E-state index contributed by atoms with van der Waals surface area (Å²) in [7, 11) is 1.65. The van der Waals surface area contributed by atoms with Crippen molar-refractivity contribution in [3.8, 4) is 0 Å². The maximum atomic E-state index is 6.26. The Morgan fingerprint density at radius 2 is 1.70 bits per heavy atom. The third-order valence-electron chi connectivity index (χ3n) is 3.76. The first-order chi connectivity index (χ1) is 8.95. The van der Waals surface area contributed by atoms with Gasteiger partial charge in [0, 0.05) is 14.7 Å². The van der Waals surface area contributed by atoms with Gasteiger partial charge in [0.25, 0.3) is 0 Å². The fourth-order valence-corrected chi connectivity index (χ4v) is 3.93. The molecule has 0 N–H and O–H groups in total. The summed E-state index contributed by atoms with van der Waals surface area (Å²) in [4.78, 5) is 0. The monoisotopic (exact) mass is 382 g/mol. The summed E-state index contributed by atoms with van der Waals surface area (Å²) < 4.78 is 11.8. The van der Waals surface area contributed by atoms with Gasteiger partial charge < -0.3 is 8.84 Å². The Morgan fingerprint density at radius 3 is 2.10 bits per heavy atom. The summed E-state index contributed by atoms with van der Waals surface area (Å²) >= 11 is 0.847. The molecule has 0 unspecified atom stereocenters. The van der Waals surface area contributed by atoms with Crippen molar-refractivity contribution in [2.75, 3.05) is 0 Å². The molecule has 0 saturated heterocycles. The molecular weight excluding hydrogens is 357 g/mol. The van der Waals surface area contributed by atoms with Gasteiger partial charge in [-0.05, 0) is 24.4 Å². The van der Waals surface area contributed by atoms with E-state index in [9.17, 15) is 0 Å². The SMILES string of the molecule is CC(C)(C)[Si](C)(C)OCc1c[c-]oc1[Si](C)(C)C.[Cl][Zn+]. The van der Waals surface area contributed by atoms with Gasteiger partial charge in [-0.2, -0.15) is 0 Å². The maximum absolute atomic E-state index is 6.26. The van der Waals surface area contributed by atoms with Crippen molar-refractivity contribution in [1.29, 1.82) is 0 Å². The third-order valence-corrected chi connectivity index (χ3v) is 10.0. The average Bonchev–Trinajstić information content (AvgIpc) is 2.75. The molecule has 6 heteroatoms. The molecule has 1 aromatic rings. The Balaban J connectivity index is 0.00000172. The number of rotatable bonds is 4. The van der Waals surface area contributed by atoms with E-state index in [4.69, 9.17) is 18.5 Å². The van der Waals surface area contributed by atoms with Gasteiger partial charge in [0.15, 0.2) is 8.32 Å². The van der Waals surface area contributed by atoms with E-state index in [2.05, 4.69) is 59.8 Å². The van der Waals surface area contributed by atoms with Crippen molar-refractivity contribution in [3.63, 3.8) is 0 Å². The normalized spacial score (nSPS) is 12.9. The van der Waals surface area contributed by atoms with Gasteiger partial charge in [-0.15, -0.1) is 11.6 Å². The summed E-state index contributed by atoms with van der Waals surface area (Å²) in [5.74, 6) is 0. The summed E-state index contributed by atoms with van der Waals surface area (Å²) in [5, 5.41) is 1.38. The van der Waals surface area contributed by atoms with E-state index < -0.39 is 16.4 Å². The van der Waals surface area contributed by atoms with E-state index in [1.54, 1.807) is 0 Å². The van der Waals surface area contributed by atoms with Crippen LogP contribution in [0.25, 0.3) is 0 Å². The number of hydrogen-bond acceptors (Lipinski definition) is 2. The zero-order valence-corrected chi connectivity index (χ0v) is 19.9. The molecule has 0 saturated carbocycles. The van der Waals surface area contributed by atoms with E-state index in [1.165, 1.54) is 5.56 Å². The second-order valence-electron chi connectivity index (χ2n) is 7.52. The minimum absolute atomic E-state index is 0.250. The number of halogens is 1. The molecule has 1 heterocycles. The van der Waals surface area contributed by atoms with E-state index in [-0.39, 0.29) is 5.04 Å². The van der Waals surface area contributed by atoms with Gasteiger partial charge in [0.2, 0.25) is 0 Å². The summed E-state index contributed by atoms with van der Waals surface area (Å²) in [6.45, 7) is 18.9. The van der Waals surface area contributed by atoms with Crippen LogP contribution in [0, 0.1) is 6.26 Å². The van der Waals surface area contributed by atoms with Crippen LogP contribution in [0.2, 0.25) is 37.8 Å². The van der Waals surface area contributed by atoms with Crippen LogP contribution in [0.1, 0.15) is 26.3 Å². The third kappa shape index (κ3) is 5.76. The number of furan rings is 1. The molecule has 2 nitrogen and oxygen atoms in total. The van der Waals surface area contributed by atoms with Gasteiger partial charge in [-0.1, -0.05) is 45.8 Å². The topological polar surface area (TPSA) is 22.4 Å². The summed E-state index contributed by atoms with van der Waals surface area (Å²) in [5.41, 5.74) is 1.19.